The lowest BCUT2D eigenvalue weighted by molar-refractivity contribution is 0.0641. The molecular formula is C14H22N4O. The Morgan fingerprint density at radius 1 is 1.53 bits per heavy atom. The van der Waals surface area contributed by atoms with Crippen LogP contribution in [0.15, 0.2) is 18.3 Å². The van der Waals surface area contributed by atoms with Crippen LogP contribution in [0, 0.1) is 0 Å². The molecule has 0 spiro atoms. The van der Waals surface area contributed by atoms with Gasteiger partial charge in [0.15, 0.2) is 0 Å². The molecule has 1 saturated heterocycles. The summed E-state index contributed by atoms with van der Waals surface area (Å²) in [5.74, 6) is -0.0396. The molecule has 0 aliphatic carbocycles. The second kappa shape index (κ2) is 6.02. The van der Waals surface area contributed by atoms with Crippen LogP contribution in [0.4, 0.5) is 5.69 Å². The summed E-state index contributed by atoms with van der Waals surface area (Å²) >= 11 is 0. The van der Waals surface area contributed by atoms with Crippen LogP contribution in [0.5, 0.6) is 0 Å². The van der Waals surface area contributed by atoms with Crippen LogP contribution in [-0.4, -0.2) is 53.4 Å². The van der Waals surface area contributed by atoms with Gasteiger partial charge in [0.05, 0.1) is 0 Å². The molecule has 1 aromatic rings. The lowest BCUT2D eigenvalue weighted by Gasteiger charge is -2.36. The predicted molar refractivity (Wildman–Crippen MR) is 75.9 cm³/mol. The number of nitrogen functional groups attached to an aromatic ring is 1. The second-order valence-electron chi connectivity index (χ2n) is 5.06. The Kier molecular flexibility index (Phi) is 4.37. The molecule has 0 atom stereocenters. The number of anilines is 1. The number of piperidine rings is 1. The molecule has 1 amide bonds. The Morgan fingerprint density at radius 2 is 2.21 bits per heavy atom. The lowest BCUT2D eigenvalue weighted by atomic mass is 10.0. The SMILES string of the molecule is CCN1CCC(N(C)C(=O)c2cc(N)ccn2)CC1. The molecule has 5 nitrogen and oxygen atoms in total. The summed E-state index contributed by atoms with van der Waals surface area (Å²) in [7, 11) is 1.86. The zero-order chi connectivity index (χ0) is 13.8. The normalized spacial score (nSPS) is 17.4. The second-order valence-corrected chi connectivity index (χ2v) is 5.06. The Balaban J connectivity index is 2.00. The highest BCUT2D eigenvalue weighted by Crippen LogP contribution is 2.17. The van der Waals surface area contributed by atoms with Crippen LogP contribution >= 0.6 is 0 Å². The van der Waals surface area contributed by atoms with Crippen molar-refractivity contribution in [2.24, 2.45) is 0 Å². The fourth-order valence-electron chi connectivity index (χ4n) is 2.53. The maximum Gasteiger partial charge on any atom is 0.272 e. The maximum absolute atomic E-state index is 12.3. The van der Waals surface area contributed by atoms with Crippen molar-refractivity contribution < 1.29 is 4.79 Å². The molecule has 19 heavy (non-hydrogen) atoms. The van der Waals surface area contributed by atoms with Gasteiger partial charge in [-0.2, -0.15) is 0 Å². The van der Waals surface area contributed by atoms with E-state index >= 15 is 0 Å². The van der Waals surface area contributed by atoms with Crippen LogP contribution in [0.2, 0.25) is 0 Å². The molecule has 1 fully saturated rings. The Hall–Kier alpha value is -1.62. The van der Waals surface area contributed by atoms with E-state index in [-0.39, 0.29) is 5.91 Å². The van der Waals surface area contributed by atoms with Gasteiger partial charge in [0.1, 0.15) is 5.69 Å². The van der Waals surface area contributed by atoms with Gasteiger partial charge < -0.3 is 15.5 Å². The number of carbonyl (C=O) groups is 1. The van der Waals surface area contributed by atoms with E-state index in [9.17, 15) is 4.79 Å². The topological polar surface area (TPSA) is 62.5 Å². The van der Waals surface area contributed by atoms with Gasteiger partial charge in [0.2, 0.25) is 0 Å². The highest BCUT2D eigenvalue weighted by atomic mass is 16.2. The average Bonchev–Trinajstić information content (AvgIpc) is 2.46. The smallest absolute Gasteiger partial charge is 0.272 e. The first-order valence-electron chi connectivity index (χ1n) is 6.83. The molecule has 0 bridgehead atoms. The van der Waals surface area contributed by atoms with Gasteiger partial charge in [-0.05, 0) is 31.5 Å². The first kappa shape index (κ1) is 13.8. The number of hydrogen-bond donors (Lipinski definition) is 1. The number of pyridine rings is 1. The summed E-state index contributed by atoms with van der Waals surface area (Å²) in [4.78, 5) is 20.7. The summed E-state index contributed by atoms with van der Waals surface area (Å²) in [5.41, 5.74) is 6.70. The molecule has 0 saturated carbocycles. The van der Waals surface area contributed by atoms with E-state index in [0.717, 1.165) is 32.5 Å². The van der Waals surface area contributed by atoms with E-state index in [0.29, 0.717) is 17.4 Å². The van der Waals surface area contributed by atoms with Gasteiger partial charge in [0, 0.05) is 38.1 Å². The lowest BCUT2D eigenvalue weighted by Crippen LogP contribution is -2.45. The van der Waals surface area contributed by atoms with Gasteiger partial charge in [-0.1, -0.05) is 6.92 Å². The van der Waals surface area contributed by atoms with Crippen molar-refractivity contribution in [1.29, 1.82) is 0 Å². The van der Waals surface area contributed by atoms with Crippen LogP contribution < -0.4 is 5.73 Å². The minimum atomic E-state index is -0.0396. The zero-order valence-corrected chi connectivity index (χ0v) is 11.7. The molecule has 0 radical (unpaired) electrons. The Bertz CT molecular complexity index is 441. The molecule has 2 heterocycles. The van der Waals surface area contributed by atoms with E-state index in [4.69, 9.17) is 5.73 Å². The predicted octanol–water partition coefficient (Wildman–Crippen LogP) is 1.22. The minimum Gasteiger partial charge on any atom is -0.399 e. The molecular weight excluding hydrogens is 240 g/mol. The molecule has 2 N–H and O–H groups in total. The molecule has 1 aromatic heterocycles. The van der Waals surface area contributed by atoms with E-state index in [2.05, 4.69) is 16.8 Å². The summed E-state index contributed by atoms with van der Waals surface area (Å²) < 4.78 is 0. The van der Waals surface area contributed by atoms with Crippen LogP contribution in [0.3, 0.4) is 0 Å². The van der Waals surface area contributed by atoms with Gasteiger partial charge in [-0.15, -0.1) is 0 Å². The fourth-order valence-corrected chi connectivity index (χ4v) is 2.53. The van der Waals surface area contributed by atoms with Crippen molar-refractivity contribution in [2.45, 2.75) is 25.8 Å². The van der Waals surface area contributed by atoms with E-state index in [1.54, 1.807) is 18.3 Å². The monoisotopic (exact) mass is 262 g/mol. The summed E-state index contributed by atoms with van der Waals surface area (Å²) in [5, 5.41) is 0. The van der Waals surface area contributed by atoms with Crippen molar-refractivity contribution in [3.63, 3.8) is 0 Å². The van der Waals surface area contributed by atoms with Crippen molar-refractivity contribution in [2.75, 3.05) is 32.4 Å². The third kappa shape index (κ3) is 3.23. The van der Waals surface area contributed by atoms with Crippen LogP contribution in [0.1, 0.15) is 30.3 Å². The molecule has 0 unspecified atom stereocenters. The van der Waals surface area contributed by atoms with E-state index < -0.39 is 0 Å². The Labute approximate surface area is 114 Å². The van der Waals surface area contributed by atoms with Gasteiger partial charge in [0.25, 0.3) is 5.91 Å². The molecule has 1 aliphatic heterocycles. The van der Waals surface area contributed by atoms with Crippen molar-refractivity contribution in [1.82, 2.24) is 14.8 Å². The first-order chi connectivity index (χ1) is 9.11. The number of nitrogens with two attached hydrogens (primary N) is 1. The van der Waals surface area contributed by atoms with Crippen molar-refractivity contribution in [3.8, 4) is 0 Å². The van der Waals surface area contributed by atoms with Crippen molar-refractivity contribution >= 4 is 11.6 Å². The minimum absolute atomic E-state index is 0.0396. The van der Waals surface area contributed by atoms with Crippen LogP contribution in [0.25, 0.3) is 0 Å². The van der Waals surface area contributed by atoms with Crippen molar-refractivity contribution in [3.05, 3.63) is 24.0 Å². The molecule has 2 rings (SSSR count). The first-order valence-corrected chi connectivity index (χ1v) is 6.83. The Morgan fingerprint density at radius 3 is 2.79 bits per heavy atom. The third-order valence-corrected chi connectivity index (χ3v) is 3.88. The summed E-state index contributed by atoms with van der Waals surface area (Å²) in [6, 6.07) is 3.63. The quantitative estimate of drug-likeness (QED) is 0.889. The van der Waals surface area contributed by atoms with Crippen LogP contribution in [-0.2, 0) is 0 Å². The fraction of sp³-hybridized carbons (Fsp3) is 0.571. The maximum atomic E-state index is 12.3. The third-order valence-electron chi connectivity index (χ3n) is 3.88. The zero-order valence-electron chi connectivity index (χ0n) is 11.7. The standard InChI is InChI=1S/C14H22N4O/c1-3-18-8-5-12(6-9-18)17(2)14(19)13-10-11(15)4-7-16-13/h4,7,10,12H,3,5-6,8-9H2,1-2H3,(H2,15,16). The number of carbonyl (C=O) groups excluding carboxylic acids is 1. The number of likely N-dealkylation sites (tertiary alicyclic amines) is 1. The summed E-state index contributed by atoms with van der Waals surface area (Å²) in [6.45, 7) is 5.37. The number of rotatable bonds is 3. The number of nitrogens with zero attached hydrogens (tertiary/aromatic N) is 3. The van der Waals surface area contributed by atoms with Gasteiger partial charge in [-0.3, -0.25) is 9.78 Å². The van der Waals surface area contributed by atoms with E-state index in [1.165, 1.54) is 0 Å². The highest BCUT2D eigenvalue weighted by molar-refractivity contribution is 5.93. The van der Waals surface area contributed by atoms with Gasteiger partial charge >= 0.3 is 0 Å². The highest BCUT2D eigenvalue weighted by Gasteiger charge is 2.25. The molecule has 104 valence electrons. The average molecular weight is 262 g/mol. The number of hydrogen-bond acceptors (Lipinski definition) is 4. The molecule has 5 heteroatoms. The summed E-state index contributed by atoms with van der Waals surface area (Å²) in [6.07, 6.45) is 3.63. The van der Waals surface area contributed by atoms with E-state index in [1.807, 2.05) is 11.9 Å². The van der Waals surface area contributed by atoms with Gasteiger partial charge in [-0.25, -0.2) is 0 Å². The molecule has 0 aromatic carbocycles. The number of aromatic nitrogens is 1. The number of amides is 1. The largest absolute Gasteiger partial charge is 0.399 e. The molecule has 1 aliphatic rings.